The molecule has 0 aromatic heterocycles. The van der Waals surface area contributed by atoms with Gasteiger partial charge in [-0.25, -0.2) is 4.39 Å². The molecule has 130 valence electrons. The Morgan fingerprint density at radius 1 is 1.13 bits per heavy atom. The van der Waals surface area contributed by atoms with E-state index in [1.165, 1.54) is 0 Å². The number of benzene rings is 1. The minimum absolute atomic E-state index is 0. The van der Waals surface area contributed by atoms with Crippen LogP contribution in [0.2, 0.25) is 10.0 Å². The van der Waals surface area contributed by atoms with E-state index in [4.69, 9.17) is 23.2 Å². The predicted octanol–water partition coefficient (Wildman–Crippen LogP) is 2.70. The fraction of sp³-hybridized carbons (Fsp3) is 0.667. The summed E-state index contributed by atoms with van der Waals surface area (Å²) in [5.74, 6) is 0.447. The van der Waals surface area contributed by atoms with Crippen molar-refractivity contribution in [2.24, 2.45) is 5.92 Å². The lowest BCUT2D eigenvalue weighted by atomic mass is 9.59. The average Bonchev–Trinajstić information content (AvgIpc) is 2.44. The van der Waals surface area contributed by atoms with Gasteiger partial charge in [-0.1, -0.05) is 35.7 Å². The number of halogens is 4. The highest BCUT2D eigenvalue weighted by Gasteiger charge is 2.45. The molecule has 2 aliphatic rings. The van der Waals surface area contributed by atoms with Gasteiger partial charge in [0.1, 0.15) is 6.17 Å². The highest BCUT2D eigenvalue weighted by atomic mass is 35.5. The van der Waals surface area contributed by atoms with Crippen LogP contribution in [0.3, 0.4) is 0 Å². The maximum absolute atomic E-state index is 13.3. The topological polar surface area (TPSA) is 20.2 Å². The van der Waals surface area contributed by atoms with Crippen LogP contribution in [0.4, 0.5) is 4.39 Å². The molecule has 23 heavy (non-hydrogen) atoms. The second kappa shape index (κ2) is 7.91. The quantitative estimate of drug-likeness (QED) is 0.851. The summed E-state index contributed by atoms with van der Waals surface area (Å²) < 4.78 is 13.3. The first-order valence-electron chi connectivity index (χ1n) is 8.29. The molecule has 1 atom stereocenters. The van der Waals surface area contributed by atoms with Gasteiger partial charge in [0.05, 0.1) is 16.1 Å². The molecule has 1 unspecified atom stereocenters. The Kier molecular flexibility index (Phi) is 6.64. The number of alkyl halides is 1. The fourth-order valence-corrected chi connectivity index (χ4v) is 4.37. The Bertz CT molecular complexity index is 525. The van der Waals surface area contributed by atoms with Crippen LogP contribution < -0.4 is 12.4 Å². The van der Waals surface area contributed by atoms with Crippen molar-refractivity contribution in [3.05, 3.63) is 33.8 Å². The molecule has 0 spiro atoms. The van der Waals surface area contributed by atoms with Gasteiger partial charge in [-0.3, -0.25) is 0 Å². The SMILES string of the molecule is OC(CC1CCC(F)CC1)C1(c2ccc(Cl)c(Cl)c2)CCC1.[Cl-]. The first-order chi connectivity index (χ1) is 10.5. The predicted molar refractivity (Wildman–Crippen MR) is 89.5 cm³/mol. The highest BCUT2D eigenvalue weighted by Crippen LogP contribution is 2.49. The average molecular weight is 381 g/mol. The lowest BCUT2D eigenvalue weighted by Gasteiger charge is -2.47. The van der Waals surface area contributed by atoms with Crippen LogP contribution in [-0.4, -0.2) is 17.4 Å². The van der Waals surface area contributed by atoms with Crippen molar-refractivity contribution in [1.82, 2.24) is 0 Å². The first-order valence-corrected chi connectivity index (χ1v) is 9.04. The van der Waals surface area contributed by atoms with Crippen LogP contribution in [0.1, 0.15) is 56.9 Å². The molecule has 2 aliphatic carbocycles. The van der Waals surface area contributed by atoms with Gasteiger partial charge in [0, 0.05) is 5.41 Å². The zero-order chi connectivity index (χ0) is 15.7. The van der Waals surface area contributed by atoms with Crippen molar-refractivity contribution in [1.29, 1.82) is 0 Å². The summed E-state index contributed by atoms with van der Waals surface area (Å²) in [6.07, 6.45) is 5.97. The van der Waals surface area contributed by atoms with E-state index >= 15 is 0 Å². The number of hydrogen-bond donors (Lipinski definition) is 1. The van der Waals surface area contributed by atoms with Gasteiger partial charge in [-0.15, -0.1) is 0 Å². The molecule has 0 bridgehead atoms. The van der Waals surface area contributed by atoms with E-state index in [9.17, 15) is 9.50 Å². The summed E-state index contributed by atoms with van der Waals surface area (Å²) in [7, 11) is 0. The molecule has 1 aromatic rings. The summed E-state index contributed by atoms with van der Waals surface area (Å²) in [6.45, 7) is 0. The summed E-state index contributed by atoms with van der Waals surface area (Å²) in [5.41, 5.74) is 0.917. The van der Waals surface area contributed by atoms with E-state index in [0.29, 0.717) is 28.8 Å². The maximum Gasteiger partial charge on any atom is 0.100 e. The summed E-state index contributed by atoms with van der Waals surface area (Å²) >= 11 is 12.2. The monoisotopic (exact) mass is 379 g/mol. The van der Waals surface area contributed by atoms with Gasteiger partial charge in [0.25, 0.3) is 0 Å². The van der Waals surface area contributed by atoms with E-state index in [0.717, 1.165) is 44.1 Å². The smallest absolute Gasteiger partial charge is 0.100 e. The molecule has 0 heterocycles. The van der Waals surface area contributed by atoms with E-state index in [1.54, 1.807) is 0 Å². The van der Waals surface area contributed by atoms with Crippen molar-refractivity contribution in [2.45, 2.75) is 69.1 Å². The van der Waals surface area contributed by atoms with Crippen molar-refractivity contribution in [2.75, 3.05) is 0 Å². The van der Waals surface area contributed by atoms with Gasteiger partial charge in [-0.2, -0.15) is 0 Å². The highest BCUT2D eigenvalue weighted by molar-refractivity contribution is 6.42. The van der Waals surface area contributed by atoms with Gasteiger partial charge < -0.3 is 17.5 Å². The molecule has 0 amide bonds. The summed E-state index contributed by atoms with van der Waals surface area (Å²) in [4.78, 5) is 0. The van der Waals surface area contributed by atoms with Crippen molar-refractivity contribution in [3.63, 3.8) is 0 Å². The van der Waals surface area contributed by atoms with Gasteiger partial charge in [0.15, 0.2) is 0 Å². The Labute approximate surface area is 154 Å². The van der Waals surface area contributed by atoms with Crippen LogP contribution in [0.5, 0.6) is 0 Å². The third-order valence-electron chi connectivity index (χ3n) is 5.71. The fourth-order valence-electron chi connectivity index (χ4n) is 4.08. The Morgan fingerprint density at radius 3 is 2.30 bits per heavy atom. The Balaban J connectivity index is 0.00000192. The van der Waals surface area contributed by atoms with Gasteiger partial charge >= 0.3 is 0 Å². The van der Waals surface area contributed by atoms with Crippen molar-refractivity contribution >= 4 is 23.2 Å². The molecule has 1 aromatic carbocycles. The molecule has 2 saturated carbocycles. The van der Waals surface area contributed by atoms with E-state index in [1.807, 2.05) is 18.2 Å². The van der Waals surface area contributed by atoms with Gasteiger partial charge in [-0.05, 0) is 68.6 Å². The minimum atomic E-state index is -0.638. The molecular weight excluding hydrogens is 358 g/mol. The normalized spacial score (nSPS) is 27.7. The molecule has 1 nitrogen and oxygen atoms in total. The lowest BCUT2D eigenvalue weighted by Crippen LogP contribution is -3.00. The van der Waals surface area contributed by atoms with Crippen molar-refractivity contribution in [3.8, 4) is 0 Å². The zero-order valence-corrected chi connectivity index (χ0v) is 15.3. The largest absolute Gasteiger partial charge is 1.00 e. The minimum Gasteiger partial charge on any atom is -1.00 e. The number of aliphatic hydroxyl groups is 1. The number of aliphatic hydroxyl groups excluding tert-OH is 1. The molecule has 0 radical (unpaired) electrons. The molecular formula is C18H23Cl3FO-. The van der Waals surface area contributed by atoms with E-state index in [-0.39, 0.29) is 23.9 Å². The molecule has 1 N–H and O–H groups in total. The third-order valence-corrected chi connectivity index (χ3v) is 6.45. The maximum atomic E-state index is 13.3. The molecule has 0 aliphatic heterocycles. The van der Waals surface area contributed by atoms with Crippen LogP contribution >= 0.6 is 23.2 Å². The lowest BCUT2D eigenvalue weighted by molar-refractivity contribution is -0.0000231. The third kappa shape index (κ3) is 3.98. The van der Waals surface area contributed by atoms with E-state index in [2.05, 4.69) is 0 Å². The number of rotatable bonds is 4. The molecule has 5 heteroatoms. The first kappa shape index (κ1) is 19.3. The van der Waals surface area contributed by atoms with Crippen molar-refractivity contribution < 1.29 is 21.9 Å². The number of hydrogen-bond acceptors (Lipinski definition) is 1. The second-order valence-corrected chi connectivity index (χ2v) is 7.82. The molecule has 2 fully saturated rings. The van der Waals surface area contributed by atoms with Crippen LogP contribution in [0, 0.1) is 5.92 Å². The second-order valence-electron chi connectivity index (χ2n) is 7.01. The summed E-state index contributed by atoms with van der Waals surface area (Å²) in [5, 5.41) is 12.0. The van der Waals surface area contributed by atoms with E-state index < -0.39 is 6.17 Å². The van der Waals surface area contributed by atoms with Crippen LogP contribution in [-0.2, 0) is 5.41 Å². The standard InChI is InChI=1S/C18H23Cl2FO.ClH/c19-15-7-4-13(11-16(15)20)18(8-1-9-18)17(22)10-12-2-5-14(21)6-3-12;/h4,7,11-12,14,17,22H,1-3,5-6,8-10H2;1H/p-1. The Morgan fingerprint density at radius 2 is 1.78 bits per heavy atom. The van der Waals surface area contributed by atoms with Crippen LogP contribution in [0.15, 0.2) is 18.2 Å². The van der Waals surface area contributed by atoms with Crippen LogP contribution in [0.25, 0.3) is 0 Å². The summed E-state index contributed by atoms with van der Waals surface area (Å²) in [6, 6.07) is 5.72. The molecule has 3 rings (SSSR count). The Hall–Kier alpha value is -0.0200. The van der Waals surface area contributed by atoms with Gasteiger partial charge in [0.2, 0.25) is 0 Å². The zero-order valence-electron chi connectivity index (χ0n) is 13.1. The molecule has 0 saturated heterocycles.